The summed E-state index contributed by atoms with van der Waals surface area (Å²) >= 11 is 0. The molecule has 0 atom stereocenters. The number of rotatable bonds is 4. The first-order valence-electron chi connectivity index (χ1n) is 5.63. The third kappa shape index (κ3) is 2.63. The van der Waals surface area contributed by atoms with Crippen LogP contribution >= 0.6 is 0 Å². The molecule has 0 amide bonds. The van der Waals surface area contributed by atoms with Crippen molar-refractivity contribution in [1.29, 1.82) is 0 Å². The largest absolute Gasteiger partial charge is 0.396 e. The van der Waals surface area contributed by atoms with Crippen LogP contribution in [0.5, 0.6) is 0 Å². The highest BCUT2D eigenvalue weighted by Crippen LogP contribution is 2.27. The molecule has 0 fully saturated rings. The molecule has 108 valence electrons. The summed E-state index contributed by atoms with van der Waals surface area (Å²) in [6.45, 7) is 2.82. The Kier molecular flexibility index (Phi) is 3.73. The van der Waals surface area contributed by atoms with E-state index in [0.29, 0.717) is 0 Å². The fraction of sp³-hybridized carbons (Fsp3) is 0.273. The molecule has 1 heterocycles. The van der Waals surface area contributed by atoms with Crippen LogP contribution in [-0.2, 0) is 16.6 Å². The van der Waals surface area contributed by atoms with E-state index in [-0.39, 0.29) is 34.1 Å². The Balaban J connectivity index is 2.37. The molecule has 9 heteroatoms. The lowest BCUT2D eigenvalue weighted by Crippen LogP contribution is -2.26. The minimum Gasteiger partial charge on any atom is -0.396 e. The number of nitrogens with two attached hydrogens (primary N) is 1. The number of anilines is 1. The first kappa shape index (κ1) is 14.4. The Labute approximate surface area is 115 Å². The Morgan fingerprint density at radius 3 is 2.75 bits per heavy atom. The maximum atomic E-state index is 13.4. The van der Waals surface area contributed by atoms with Crippen LogP contribution in [0.3, 0.4) is 0 Å². The van der Waals surface area contributed by atoms with Crippen molar-refractivity contribution in [3.8, 4) is 0 Å². The minimum absolute atomic E-state index is 0.0418. The van der Waals surface area contributed by atoms with Crippen LogP contribution in [0.25, 0.3) is 0 Å². The molecule has 0 radical (unpaired) electrons. The number of halogens is 1. The zero-order valence-electron chi connectivity index (χ0n) is 10.8. The summed E-state index contributed by atoms with van der Waals surface area (Å²) in [5.74, 6) is -0.448. The molecule has 7 nitrogen and oxygen atoms in total. The van der Waals surface area contributed by atoms with Crippen molar-refractivity contribution in [3.05, 3.63) is 35.2 Å². The van der Waals surface area contributed by atoms with Gasteiger partial charge in [-0.15, -0.1) is 0 Å². The number of nitrogens with one attached hydrogen (secondary N) is 1. The van der Waals surface area contributed by atoms with E-state index in [0.717, 1.165) is 12.5 Å². The van der Waals surface area contributed by atoms with Crippen LogP contribution in [0.15, 0.2) is 21.9 Å². The monoisotopic (exact) mass is 300 g/mol. The summed E-state index contributed by atoms with van der Waals surface area (Å²) in [7, 11) is -3.86. The van der Waals surface area contributed by atoms with Gasteiger partial charge >= 0.3 is 0 Å². The number of aryl methyl sites for hydroxylation is 1. The zero-order valence-corrected chi connectivity index (χ0v) is 11.7. The first-order valence-corrected chi connectivity index (χ1v) is 7.11. The molecule has 0 saturated heterocycles. The van der Waals surface area contributed by atoms with E-state index in [1.54, 1.807) is 0 Å². The molecule has 0 saturated carbocycles. The number of sulfonamides is 1. The van der Waals surface area contributed by atoms with Crippen molar-refractivity contribution in [1.82, 2.24) is 14.9 Å². The van der Waals surface area contributed by atoms with Crippen LogP contribution in [0.1, 0.15) is 17.0 Å². The third-order valence-electron chi connectivity index (χ3n) is 2.80. The highest BCUT2D eigenvalue weighted by molar-refractivity contribution is 7.89. The van der Waals surface area contributed by atoms with Crippen molar-refractivity contribution in [2.24, 2.45) is 0 Å². The maximum Gasteiger partial charge on any atom is 0.241 e. The predicted octanol–water partition coefficient (Wildman–Crippen LogP) is 0.886. The lowest BCUT2D eigenvalue weighted by Gasteiger charge is -2.13. The normalized spacial score (nSPS) is 11.8. The quantitative estimate of drug-likeness (QED) is 0.811. The van der Waals surface area contributed by atoms with Gasteiger partial charge in [-0.25, -0.2) is 17.5 Å². The van der Waals surface area contributed by atoms with Crippen LogP contribution in [0.4, 0.5) is 10.1 Å². The average Bonchev–Trinajstić information content (AvgIpc) is 2.86. The van der Waals surface area contributed by atoms with Crippen LogP contribution in [-0.4, -0.2) is 18.6 Å². The molecule has 20 heavy (non-hydrogen) atoms. The second-order valence-corrected chi connectivity index (χ2v) is 5.92. The van der Waals surface area contributed by atoms with Gasteiger partial charge in [-0.05, 0) is 31.0 Å². The smallest absolute Gasteiger partial charge is 0.241 e. The highest BCUT2D eigenvalue weighted by atomic mass is 32.2. The van der Waals surface area contributed by atoms with E-state index < -0.39 is 15.8 Å². The van der Waals surface area contributed by atoms with E-state index in [1.807, 2.05) is 0 Å². The number of nitrogens with zero attached hydrogens (tertiary/aromatic N) is 2. The molecule has 2 rings (SSSR count). The molecular formula is C11H13FN4O3S. The summed E-state index contributed by atoms with van der Waals surface area (Å²) in [4.78, 5) is 3.66. The molecule has 1 aromatic carbocycles. The molecule has 2 aromatic rings. The van der Waals surface area contributed by atoms with E-state index in [1.165, 1.54) is 13.8 Å². The average molecular weight is 300 g/mol. The summed E-state index contributed by atoms with van der Waals surface area (Å²) in [6, 6.07) is 1.09. The van der Waals surface area contributed by atoms with Crippen LogP contribution in [0.2, 0.25) is 0 Å². The summed E-state index contributed by atoms with van der Waals surface area (Å²) < 4.78 is 44.8. The Bertz CT molecular complexity index is 729. The van der Waals surface area contributed by atoms with Gasteiger partial charge < -0.3 is 10.3 Å². The second-order valence-electron chi connectivity index (χ2n) is 4.22. The predicted molar refractivity (Wildman–Crippen MR) is 68.6 cm³/mol. The van der Waals surface area contributed by atoms with Gasteiger partial charge in [0.1, 0.15) is 5.82 Å². The second kappa shape index (κ2) is 5.17. The standard InChI is InChI=1S/C11H13FN4O3S/c1-6-3-8(12)10(13)7(2)11(6)20(17,18)15-4-9-14-5-19-16-9/h3,5,15H,4,13H2,1-2H3. The van der Waals surface area contributed by atoms with E-state index >= 15 is 0 Å². The van der Waals surface area contributed by atoms with Gasteiger partial charge in [0.05, 0.1) is 17.1 Å². The SMILES string of the molecule is Cc1cc(F)c(N)c(C)c1S(=O)(=O)NCc1ncon1. The fourth-order valence-corrected chi connectivity index (χ4v) is 3.31. The van der Waals surface area contributed by atoms with Crippen LogP contribution < -0.4 is 10.5 Å². The Morgan fingerprint density at radius 2 is 2.15 bits per heavy atom. The lowest BCUT2D eigenvalue weighted by molar-refractivity contribution is 0.409. The number of nitrogen functional groups attached to an aromatic ring is 1. The topological polar surface area (TPSA) is 111 Å². The van der Waals surface area contributed by atoms with Gasteiger partial charge in [0.25, 0.3) is 0 Å². The van der Waals surface area contributed by atoms with E-state index in [4.69, 9.17) is 5.73 Å². The number of hydrogen-bond acceptors (Lipinski definition) is 6. The van der Waals surface area contributed by atoms with Crippen molar-refractivity contribution in [2.45, 2.75) is 25.3 Å². The van der Waals surface area contributed by atoms with Crippen molar-refractivity contribution >= 4 is 15.7 Å². The minimum atomic E-state index is -3.86. The van der Waals surface area contributed by atoms with Crippen molar-refractivity contribution in [2.75, 3.05) is 5.73 Å². The molecule has 0 aliphatic heterocycles. The third-order valence-corrected chi connectivity index (χ3v) is 4.49. The van der Waals surface area contributed by atoms with Gasteiger partial charge in [0.2, 0.25) is 16.4 Å². The summed E-state index contributed by atoms with van der Waals surface area (Å²) in [5.41, 5.74) is 5.79. The summed E-state index contributed by atoms with van der Waals surface area (Å²) in [6.07, 6.45) is 1.09. The number of aromatic nitrogens is 2. The van der Waals surface area contributed by atoms with Gasteiger partial charge in [0, 0.05) is 0 Å². The lowest BCUT2D eigenvalue weighted by atomic mass is 10.1. The van der Waals surface area contributed by atoms with Gasteiger partial charge in [-0.2, -0.15) is 4.98 Å². The van der Waals surface area contributed by atoms with Gasteiger partial charge in [-0.3, -0.25) is 0 Å². The molecule has 0 aliphatic rings. The highest BCUT2D eigenvalue weighted by Gasteiger charge is 2.23. The van der Waals surface area contributed by atoms with Crippen molar-refractivity contribution < 1.29 is 17.3 Å². The molecule has 3 N–H and O–H groups in total. The zero-order chi connectivity index (χ0) is 14.9. The number of benzene rings is 1. The van der Waals surface area contributed by atoms with E-state index in [9.17, 15) is 12.8 Å². The molecule has 0 bridgehead atoms. The van der Waals surface area contributed by atoms with Crippen LogP contribution in [0, 0.1) is 19.7 Å². The Morgan fingerprint density at radius 1 is 1.45 bits per heavy atom. The molecule has 0 spiro atoms. The van der Waals surface area contributed by atoms with Crippen molar-refractivity contribution in [3.63, 3.8) is 0 Å². The van der Waals surface area contributed by atoms with E-state index in [2.05, 4.69) is 19.4 Å². The summed E-state index contributed by atoms with van der Waals surface area (Å²) in [5, 5.41) is 3.49. The van der Waals surface area contributed by atoms with Gasteiger partial charge in [-0.1, -0.05) is 5.16 Å². The molecule has 0 unspecified atom stereocenters. The molecule has 1 aromatic heterocycles. The molecular weight excluding hydrogens is 287 g/mol. The first-order chi connectivity index (χ1) is 9.33. The molecule has 0 aliphatic carbocycles. The number of hydrogen-bond donors (Lipinski definition) is 2. The maximum absolute atomic E-state index is 13.4. The Hall–Kier alpha value is -2.00. The van der Waals surface area contributed by atoms with Gasteiger partial charge in [0.15, 0.2) is 5.82 Å². The fourth-order valence-electron chi connectivity index (χ4n) is 1.85.